The van der Waals surface area contributed by atoms with Crippen molar-refractivity contribution in [1.82, 2.24) is 0 Å². The maximum atomic E-state index is 8.36. The first kappa shape index (κ1) is 15.9. The summed E-state index contributed by atoms with van der Waals surface area (Å²) in [4.78, 5) is 8.36. The molecule has 0 spiro atoms. The summed E-state index contributed by atoms with van der Waals surface area (Å²) in [6.07, 6.45) is 0. The van der Waals surface area contributed by atoms with Gasteiger partial charge in [-0.3, -0.25) is 4.79 Å². The number of hydrogen-bond donors (Lipinski definition) is 1. The van der Waals surface area contributed by atoms with Gasteiger partial charge in [0.05, 0.1) is 6.61 Å². The summed E-state index contributed by atoms with van der Waals surface area (Å²) >= 11 is 0. The van der Waals surface area contributed by atoms with E-state index in [1.807, 2.05) is 45.0 Å². The van der Waals surface area contributed by atoms with Gasteiger partial charge in [-0.05, 0) is 26.0 Å². The van der Waals surface area contributed by atoms with Gasteiger partial charge in [0.15, 0.2) is 0 Å². The van der Waals surface area contributed by atoms with E-state index in [1.54, 1.807) is 0 Å². The molecule has 0 heterocycles. The van der Waals surface area contributed by atoms with Crippen molar-refractivity contribution >= 4 is 6.47 Å². The van der Waals surface area contributed by atoms with Gasteiger partial charge in [0.2, 0.25) is 0 Å². The third-order valence-corrected chi connectivity index (χ3v) is 1.33. The van der Waals surface area contributed by atoms with Crippen molar-refractivity contribution in [1.29, 1.82) is 0 Å². The standard InChI is InChI=1S/C9H12O.C2H6.CH2O2/c1-3-10-9-6-4-8(2)5-7-9;1-2;2-1-3/h4-7H,3H2,1-2H3;1-2H3;1H,(H,2,3). The van der Waals surface area contributed by atoms with Gasteiger partial charge >= 0.3 is 0 Å². The summed E-state index contributed by atoms with van der Waals surface area (Å²) in [6, 6.07) is 8.06. The van der Waals surface area contributed by atoms with Crippen LogP contribution >= 0.6 is 0 Å². The van der Waals surface area contributed by atoms with E-state index < -0.39 is 0 Å². The van der Waals surface area contributed by atoms with Crippen LogP contribution in [0.15, 0.2) is 24.3 Å². The van der Waals surface area contributed by atoms with E-state index in [0.717, 1.165) is 12.4 Å². The molecule has 1 N–H and O–H groups in total. The van der Waals surface area contributed by atoms with Gasteiger partial charge in [0, 0.05) is 0 Å². The number of benzene rings is 1. The number of hydrogen-bond acceptors (Lipinski definition) is 2. The molecule has 0 amide bonds. The van der Waals surface area contributed by atoms with Crippen molar-refractivity contribution in [2.45, 2.75) is 27.7 Å². The Kier molecular flexibility index (Phi) is 13.3. The van der Waals surface area contributed by atoms with E-state index >= 15 is 0 Å². The van der Waals surface area contributed by atoms with Crippen LogP contribution in [0, 0.1) is 6.92 Å². The highest BCUT2D eigenvalue weighted by molar-refractivity contribution is 5.32. The molecule has 0 atom stereocenters. The van der Waals surface area contributed by atoms with E-state index in [1.165, 1.54) is 5.56 Å². The van der Waals surface area contributed by atoms with E-state index in [2.05, 4.69) is 6.92 Å². The van der Waals surface area contributed by atoms with Crippen LogP contribution in [-0.2, 0) is 4.79 Å². The summed E-state index contributed by atoms with van der Waals surface area (Å²) in [5.74, 6) is 0.952. The fraction of sp³-hybridized carbons (Fsp3) is 0.417. The molecule has 1 aromatic carbocycles. The Morgan fingerprint density at radius 1 is 1.27 bits per heavy atom. The monoisotopic (exact) mass is 212 g/mol. The predicted octanol–water partition coefficient (Wildman–Crippen LogP) is 3.12. The minimum absolute atomic E-state index is 0.250. The molecule has 1 rings (SSSR count). The van der Waals surface area contributed by atoms with Gasteiger partial charge in [-0.1, -0.05) is 31.5 Å². The van der Waals surface area contributed by atoms with Crippen molar-refractivity contribution in [2.24, 2.45) is 0 Å². The normalized spacial score (nSPS) is 7.47. The highest BCUT2D eigenvalue weighted by Gasteiger charge is 1.87. The largest absolute Gasteiger partial charge is 0.494 e. The Balaban J connectivity index is 0. The molecule has 0 aromatic heterocycles. The lowest BCUT2D eigenvalue weighted by molar-refractivity contribution is -0.122. The zero-order valence-corrected chi connectivity index (χ0v) is 9.86. The van der Waals surface area contributed by atoms with Gasteiger partial charge in [-0.15, -0.1) is 0 Å². The highest BCUT2D eigenvalue weighted by Crippen LogP contribution is 2.10. The molecule has 3 nitrogen and oxygen atoms in total. The van der Waals surface area contributed by atoms with Crippen LogP contribution in [0.4, 0.5) is 0 Å². The van der Waals surface area contributed by atoms with Crippen LogP contribution in [0.3, 0.4) is 0 Å². The van der Waals surface area contributed by atoms with Crippen molar-refractivity contribution in [2.75, 3.05) is 6.61 Å². The minimum atomic E-state index is -0.250. The molecule has 0 saturated heterocycles. The number of rotatable bonds is 2. The van der Waals surface area contributed by atoms with Gasteiger partial charge in [0.25, 0.3) is 6.47 Å². The molecule has 15 heavy (non-hydrogen) atoms. The first-order chi connectivity index (χ1) is 7.24. The van der Waals surface area contributed by atoms with Gasteiger partial charge < -0.3 is 9.84 Å². The highest BCUT2D eigenvalue weighted by atomic mass is 16.5. The van der Waals surface area contributed by atoms with Gasteiger partial charge in [-0.25, -0.2) is 0 Å². The molecule has 0 saturated carbocycles. The molecule has 0 radical (unpaired) electrons. The molecule has 86 valence electrons. The van der Waals surface area contributed by atoms with E-state index in [9.17, 15) is 0 Å². The lowest BCUT2D eigenvalue weighted by Crippen LogP contribution is -1.90. The van der Waals surface area contributed by atoms with Crippen molar-refractivity contribution < 1.29 is 14.6 Å². The van der Waals surface area contributed by atoms with E-state index in [-0.39, 0.29) is 6.47 Å². The molecule has 3 heteroatoms. The summed E-state index contributed by atoms with van der Waals surface area (Å²) in [6.45, 7) is 8.54. The second-order valence-corrected chi connectivity index (χ2v) is 2.35. The SMILES string of the molecule is CC.CCOc1ccc(C)cc1.O=CO. The van der Waals surface area contributed by atoms with Crippen LogP contribution in [0.5, 0.6) is 5.75 Å². The second kappa shape index (κ2) is 12.5. The van der Waals surface area contributed by atoms with Crippen LogP contribution in [0.2, 0.25) is 0 Å². The maximum absolute atomic E-state index is 8.36. The van der Waals surface area contributed by atoms with Crippen molar-refractivity contribution in [3.05, 3.63) is 29.8 Å². The molecule has 1 aromatic rings. The Bertz CT molecular complexity index is 229. The quantitative estimate of drug-likeness (QED) is 0.766. The number of aryl methyl sites for hydroxylation is 1. The number of ether oxygens (including phenoxy) is 1. The summed E-state index contributed by atoms with van der Waals surface area (Å²) in [7, 11) is 0. The topological polar surface area (TPSA) is 46.5 Å². The van der Waals surface area contributed by atoms with Crippen LogP contribution in [0.25, 0.3) is 0 Å². The van der Waals surface area contributed by atoms with Gasteiger partial charge in [0.1, 0.15) is 5.75 Å². The Hall–Kier alpha value is -1.51. The number of carbonyl (C=O) groups is 1. The first-order valence-electron chi connectivity index (χ1n) is 5.02. The molecule has 0 aliphatic rings. The lowest BCUT2D eigenvalue weighted by Gasteiger charge is -2.01. The minimum Gasteiger partial charge on any atom is -0.494 e. The number of carboxylic acid groups (broad SMARTS) is 1. The van der Waals surface area contributed by atoms with E-state index in [0.29, 0.717) is 0 Å². The Labute approximate surface area is 91.7 Å². The average molecular weight is 212 g/mol. The molecule has 0 aliphatic carbocycles. The first-order valence-corrected chi connectivity index (χ1v) is 5.02. The van der Waals surface area contributed by atoms with E-state index in [4.69, 9.17) is 14.6 Å². The fourth-order valence-electron chi connectivity index (χ4n) is 0.801. The molecular formula is C12H20O3. The Morgan fingerprint density at radius 2 is 1.67 bits per heavy atom. The lowest BCUT2D eigenvalue weighted by atomic mass is 10.2. The fourth-order valence-corrected chi connectivity index (χ4v) is 0.801. The summed E-state index contributed by atoms with van der Waals surface area (Å²) < 4.78 is 5.26. The molecule has 0 fully saturated rings. The van der Waals surface area contributed by atoms with Crippen molar-refractivity contribution in [3.8, 4) is 5.75 Å². The maximum Gasteiger partial charge on any atom is 0.290 e. The van der Waals surface area contributed by atoms with Gasteiger partial charge in [-0.2, -0.15) is 0 Å². The Morgan fingerprint density at radius 3 is 2.00 bits per heavy atom. The second-order valence-electron chi connectivity index (χ2n) is 2.35. The molecule has 0 unspecified atom stereocenters. The smallest absolute Gasteiger partial charge is 0.290 e. The third-order valence-electron chi connectivity index (χ3n) is 1.33. The van der Waals surface area contributed by atoms with Crippen molar-refractivity contribution in [3.63, 3.8) is 0 Å². The third kappa shape index (κ3) is 10.4. The summed E-state index contributed by atoms with van der Waals surface area (Å²) in [5, 5.41) is 6.89. The predicted molar refractivity (Wildman–Crippen MR) is 62.4 cm³/mol. The summed E-state index contributed by atoms with van der Waals surface area (Å²) in [5.41, 5.74) is 1.27. The molecule has 0 aliphatic heterocycles. The zero-order valence-electron chi connectivity index (χ0n) is 9.86. The average Bonchev–Trinajstić information content (AvgIpc) is 2.26. The zero-order chi connectivity index (χ0) is 12.1. The van der Waals surface area contributed by atoms with Crippen LogP contribution in [0.1, 0.15) is 26.3 Å². The molecular weight excluding hydrogens is 192 g/mol. The van der Waals surface area contributed by atoms with Crippen LogP contribution in [-0.4, -0.2) is 18.2 Å². The van der Waals surface area contributed by atoms with Crippen LogP contribution < -0.4 is 4.74 Å². The molecule has 0 bridgehead atoms.